The van der Waals surface area contributed by atoms with Gasteiger partial charge in [0.05, 0.1) is 8.07 Å². The van der Waals surface area contributed by atoms with Crippen molar-refractivity contribution in [2.45, 2.75) is 39.4 Å². The first-order valence-electron chi connectivity index (χ1n) is 14.8. The Bertz CT molecular complexity index is 1750. The molecule has 0 N–H and O–H groups in total. The van der Waals surface area contributed by atoms with Gasteiger partial charge >= 0.3 is 0 Å². The molecule has 44 heavy (non-hydrogen) atoms. The van der Waals surface area contributed by atoms with Crippen molar-refractivity contribution in [1.82, 2.24) is 9.97 Å². The third-order valence-electron chi connectivity index (χ3n) is 7.61. The van der Waals surface area contributed by atoms with Crippen molar-refractivity contribution in [1.29, 1.82) is 0 Å². The van der Waals surface area contributed by atoms with E-state index in [-0.39, 0.29) is 20.1 Å². The average molecular weight is 767 g/mol. The molecule has 6 rings (SSSR count). The Labute approximate surface area is 277 Å². The minimum atomic E-state index is -1.47. The van der Waals surface area contributed by atoms with E-state index >= 15 is 0 Å². The van der Waals surface area contributed by atoms with Crippen LogP contribution < -0.4 is 5.19 Å². The molecule has 0 aliphatic heterocycles. The molecule has 0 aliphatic carbocycles. The Morgan fingerprint density at radius 3 is 2.00 bits per heavy atom. The summed E-state index contributed by atoms with van der Waals surface area (Å²) in [5, 5.41) is 1.40. The standard InChI is InChI=1S/C21H22NSi.C19H16N.Ir/c1-16-10-12-18(13-11-16)20-14-19(17-8-6-5-7-9-17)21(15-22-20)23(2,3)4;1-15(16-8-3-2-4-9-16)17-10-7-11-18(14-17)19-12-5-6-13-20-19;/h5-12,14-15H,1-4H3;2-10,12-15H,1H3;/q2*-1;. The topological polar surface area (TPSA) is 25.8 Å². The normalized spacial score (nSPS) is 11.5. The van der Waals surface area contributed by atoms with E-state index in [9.17, 15) is 0 Å². The number of hydrogen-bond acceptors (Lipinski definition) is 2. The van der Waals surface area contributed by atoms with Crippen molar-refractivity contribution in [2.75, 3.05) is 0 Å². The third kappa shape index (κ3) is 8.36. The van der Waals surface area contributed by atoms with Gasteiger partial charge in [-0.1, -0.05) is 112 Å². The van der Waals surface area contributed by atoms with Crippen LogP contribution in [0.5, 0.6) is 0 Å². The van der Waals surface area contributed by atoms with Gasteiger partial charge in [0, 0.05) is 32.5 Å². The number of aromatic nitrogens is 2. The molecule has 0 amide bonds. The van der Waals surface area contributed by atoms with Crippen LogP contribution in [-0.2, 0) is 20.1 Å². The van der Waals surface area contributed by atoms with Gasteiger partial charge in [0.1, 0.15) is 0 Å². The molecule has 2 nitrogen and oxygen atoms in total. The summed E-state index contributed by atoms with van der Waals surface area (Å²) in [7, 11) is -1.47. The molecule has 2 heterocycles. The minimum Gasteiger partial charge on any atom is -0.305 e. The smallest absolute Gasteiger partial charge is 0.0803 e. The number of nitrogens with zero attached hydrogens (tertiary/aromatic N) is 2. The molecule has 0 fully saturated rings. The van der Waals surface area contributed by atoms with Crippen molar-refractivity contribution in [3.05, 3.63) is 163 Å². The van der Waals surface area contributed by atoms with E-state index in [0.717, 1.165) is 22.5 Å². The molecule has 223 valence electrons. The molecule has 0 saturated heterocycles. The van der Waals surface area contributed by atoms with Crippen LogP contribution in [-0.4, -0.2) is 18.0 Å². The monoisotopic (exact) mass is 767 g/mol. The molecule has 0 aliphatic rings. The van der Waals surface area contributed by atoms with E-state index in [1.807, 2.05) is 42.6 Å². The maximum atomic E-state index is 4.73. The van der Waals surface area contributed by atoms with Crippen molar-refractivity contribution in [2.24, 2.45) is 0 Å². The maximum absolute atomic E-state index is 4.73. The third-order valence-corrected chi connectivity index (χ3v) is 9.62. The molecule has 4 aromatic carbocycles. The number of pyridine rings is 2. The first-order chi connectivity index (χ1) is 20.8. The summed E-state index contributed by atoms with van der Waals surface area (Å²) < 4.78 is 0. The zero-order valence-electron chi connectivity index (χ0n) is 26.0. The van der Waals surface area contributed by atoms with E-state index in [0.29, 0.717) is 5.92 Å². The van der Waals surface area contributed by atoms with Crippen LogP contribution in [0.25, 0.3) is 33.6 Å². The zero-order valence-corrected chi connectivity index (χ0v) is 29.4. The molecule has 2 aromatic heterocycles. The van der Waals surface area contributed by atoms with Crippen molar-refractivity contribution in [3.63, 3.8) is 0 Å². The van der Waals surface area contributed by atoms with Crippen molar-refractivity contribution >= 4 is 13.3 Å². The Hall–Kier alpha value is -3.95. The van der Waals surface area contributed by atoms with Gasteiger partial charge in [-0.15, -0.1) is 70.8 Å². The van der Waals surface area contributed by atoms with Crippen LogP contribution in [0.1, 0.15) is 29.5 Å². The summed E-state index contributed by atoms with van der Waals surface area (Å²) in [5.41, 5.74) is 10.5. The van der Waals surface area contributed by atoms with E-state index in [4.69, 9.17) is 4.98 Å². The van der Waals surface area contributed by atoms with Crippen LogP contribution in [0, 0.1) is 19.1 Å². The largest absolute Gasteiger partial charge is 0.305 e. The van der Waals surface area contributed by atoms with Gasteiger partial charge < -0.3 is 9.97 Å². The number of aryl methyl sites for hydroxylation is 1. The van der Waals surface area contributed by atoms with Gasteiger partial charge in [-0.05, 0) is 45.2 Å². The molecule has 0 saturated carbocycles. The SMILES string of the molecule is CC(c1ccccc1)c1cc[c-]c(-c2ccccn2)c1.Cc1c[c-]c(-c2cc(-c3ccccc3)c([Si](C)(C)C)cn2)cc1.[Ir]. The summed E-state index contributed by atoms with van der Waals surface area (Å²) in [6, 6.07) is 48.5. The summed E-state index contributed by atoms with van der Waals surface area (Å²) in [4.78, 5) is 9.13. The van der Waals surface area contributed by atoms with Gasteiger partial charge in [0.15, 0.2) is 0 Å². The molecule has 1 radical (unpaired) electrons. The van der Waals surface area contributed by atoms with Gasteiger partial charge in [-0.2, -0.15) is 0 Å². The Morgan fingerprint density at radius 2 is 1.36 bits per heavy atom. The zero-order chi connectivity index (χ0) is 30.2. The summed E-state index contributed by atoms with van der Waals surface area (Å²) >= 11 is 0. The molecular formula is C40H38IrN2Si-2. The summed E-state index contributed by atoms with van der Waals surface area (Å²) in [6.07, 6.45) is 3.90. The van der Waals surface area contributed by atoms with Gasteiger partial charge in [0.2, 0.25) is 0 Å². The van der Waals surface area contributed by atoms with Crippen LogP contribution in [0.15, 0.2) is 134 Å². The predicted molar refractivity (Wildman–Crippen MR) is 184 cm³/mol. The number of rotatable bonds is 6. The second kappa shape index (κ2) is 15.2. The second-order valence-electron chi connectivity index (χ2n) is 11.9. The van der Waals surface area contributed by atoms with Crippen LogP contribution in [0.3, 0.4) is 0 Å². The molecule has 1 atom stereocenters. The van der Waals surface area contributed by atoms with Gasteiger partial charge in [-0.3, -0.25) is 0 Å². The molecule has 4 heteroatoms. The van der Waals surface area contributed by atoms with Crippen LogP contribution in [0.4, 0.5) is 0 Å². The van der Waals surface area contributed by atoms with Crippen molar-refractivity contribution < 1.29 is 20.1 Å². The number of benzene rings is 4. The second-order valence-corrected chi connectivity index (χ2v) is 16.9. The van der Waals surface area contributed by atoms with Gasteiger partial charge in [0.25, 0.3) is 0 Å². The fourth-order valence-electron chi connectivity index (χ4n) is 5.08. The Balaban J connectivity index is 0.000000198. The molecule has 0 bridgehead atoms. The summed E-state index contributed by atoms with van der Waals surface area (Å²) in [6.45, 7) is 11.4. The van der Waals surface area contributed by atoms with E-state index in [1.54, 1.807) is 0 Å². The number of hydrogen-bond donors (Lipinski definition) is 0. The van der Waals surface area contributed by atoms with E-state index in [1.165, 1.54) is 33.0 Å². The molecule has 0 spiro atoms. The van der Waals surface area contributed by atoms with Crippen molar-refractivity contribution in [3.8, 4) is 33.6 Å². The van der Waals surface area contributed by atoms with Crippen LogP contribution in [0.2, 0.25) is 19.6 Å². The summed E-state index contributed by atoms with van der Waals surface area (Å²) in [5.74, 6) is 0.369. The molecular weight excluding hydrogens is 729 g/mol. The quantitative estimate of drug-likeness (QED) is 0.125. The Kier molecular flexibility index (Phi) is 11.4. The fourth-order valence-corrected chi connectivity index (χ4v) is 6.55. The first kappa shape index (κ1) is 32.9. The van der Waals surface area contributed by atoms with E-state index in [2.05, 4.69) is 142 Å². The molecule has 6 aromatic rings. The first-order valence-corrected chi connectivity index (χ1v) is 18.3. The van der Waals surface area contributed by atoms with Gasteiger partial charge in [-0.25, -0.2) is 0 Å². The minimum absolute atomic E-state index is 0. The predicted octanol–water partition coefficient (Wildman–Crippen LogP) is 9.77. The Morgan fingerprint density at radius 1 is 0.659 bits per heavy atom. The fraction of sp³-hybridized carbons (Fsp3) is 0.150. The molecule has 1 unspecified atom stereocenters. The average Bonchev–Trinajstić information content (AvgIpc) is 3.06. The maximum Gasteiger partial charge on any atom is 0.0803 e. The van der Waals surface area contributed by atoms with Crippen LogP contribution >= 0.6 is 0 Å². The van der Waals surface area contributed by atoms with E-state index < -0.39 is 8.07 Å².